The second kappa shape index (κ2) is 7.33. The number of nitriles is 1. The van der Waals surface area contributed by atoms with Gasteiger partial charge in [0.1, 0.15) is 18.4 Å². The molecule has 0 spiro atoms. The van der Waals surface area contributed by atoms with Crippen LogP contribution in [-0.4, -0.2) is 38.0 Å². The lowest BCUT2D eigenvalue weighted by Crippen LogP contribution is -2.11. The summed E-state index contributed by atoms with van der Waals surface area (Å²) in [5, 5.41) is 9.12. The molecular formula is C16H17N3O4. The number of hydrogen-bond acceptors (Lipinski definition) is 6. The first-order valence-corrected chi connectivity index (χ1v) is 6.83. The molecule has 2 aromatic rings. The lowest BCUT2D eigenvalue weighted by Gasteiger charge is -2.11. The number of carbonyl (C=O) groups excluding carboxylic acids is 1. The molecule has 120 valence electrons. The van der Waals surface area contributed by atoms with Crippen LogP contribution in [0.25, 0.3) is 5.69 Å². The van der Waals surface area contributed by atoms with Crippen LogP contribution < -0.4 is 10.5 Å². The summed E-state index contributed by atoms with van der Waals surface area (Å²) in [5.74, 6) is -0.00384. The minimum absolute atomic E-state index is 0.0880. The first-order chi connectivity index (χ1) is 11.1. The van der Waals surface area contributed by atoms with Crippen molar-refractivity contribution in [3.8, 4) is 17.5 Å². The number of nitrogens with two attached hydrogens (primary N) is 1. The van der Waals surface area contributed by atoms with Gasteiger partial charge in [0, 0.05) is 25.1 Å². The Kier molecular flexibility index (Phi) is 5.23. The average molecular weight is 315 g/mol. The van der Waals surface area contributed by atoms with E-state index in [9.17, 15) is 4.79 Å². The molecule has 0 saturated carbocycles. The second-order valence-corrected chi connectivity index (χ2v) is 4.62. The van der Waals surface area contributed by atoms with Gasteiger partial charge in [0.05, 0.1) is 25.0 Å². The number of methoxy groups -OCH3 is 2. The van der Waals surface area contributed by atoms with E-state index in [2.05, 4.69) is 0 Å². The van der Waals surface area contributed by atoms with Crippen LogP contribution in [0.4, 0.5) is 5.69 Å². The molecule has 0 aliphatic carbocycles. The number of hydrogen-bond donors (Lipinski definition) is 1. The van der Waals surface area contributed by atoms with E-state index >= 15 is 0 Å². The molecule has 0 saturated heterocycles. The lowest BCUT2D eigenvalue weighted by atomic mass is 10.2. The summed E-state index contributed by atoms with van der Waals surface area (Å²) in [4.78, 5) is 12.0. The van der Waals surface area contributed by atoms with Crippen molar-refractivity contribution in [3.05, 3.63) is 41.7 Å². The molecule has 0 bridgehead atoms. The molecule has 0 radical (unpaired) electrons. The highest BCUT2D eigenvalue weighted by Crippen LogP contribution is 2.26. The topological polar surface area (TPSA) is 99.5 Å². The number of rotatable bonds is 6. The largest absolute Gasteiger partial charge is 0.491 e. The fourth-order valence-electron chi connectivity index (χ4n) is 2.08. The molecule has 0 aliphatic heterocycles. The minimum Gasteiger partial charge on any atom is -0.491 e. The first kappa shape index (κ1) is 16.4. The van der Waals surface area contributed by atoms with E-state index in [4.69, 9.17) is 25.2 Å². The van der Waals surface area contributed by atoms with Crippen molar-refractivity contribution in [2.45, 2.75) is 0 Å². The Balaban J connectivity index is 2.44. The second-order valence-electron chi connectivity index (χ2n) is 4.62. The van der Waals surface area contributed by atoms with Crippen molar-refractivity contribution < 1.29 is 19.0 Å². The number of esters is 1. The lowest BCUT2D eigenvalue weighted by molar-refractivity contribution is 0.0593. The van der Waals surface area contributed by atoms with Crippen molar-refractivity contribution in [2.75, 3.05) is 33.2 Å². The number of carbonyl (C=O) groups is 1. The zero-order valence-corrected chi connectivity index (χ0v) is 12.9. The Morgan fingerprint density at radius 1 is 1.35 bits per heavy atom. The third-order valence-corrected chi connectivity index (χ3v) is 3.20. The molecule has 0 unspecified atom stereocenters. The van der Waals surface area contributed by atoms with Crippen molar-refractivity contribution in [2.24, 2.45) is 0 Å². The molecule has 1 aromatic heterocycles. The summed E-state index contributed by atoms with van der Waals surface area (Å²) < 4.78 is 16.7. The maximum atomic E-state index is 12.0. The molecule has 0 amide bonds. The van der Waals surface area contributed by atoms with E-state index in [1.807, 2.05) is 6.07 Å². The minimum atomic E-state index is -0.616. The van der Waals surface area contributed by atoms with Gasteiger partial charge in [-0.3, -0.25) is 0 Å². The van der Waals surface area contributed by atoms with Gasteiger partial charge in [-0.25, -0.2) is 4.79 Å². The van der Waals surface area contributed by atoms with Gasteiger partial charge < -0.3 is 24.5 Å². The third kappa shape index (κ3) is 3.44. The molecule has 2 rings (SSSR count). The molecule has 2 N–H and O–H groups in total. The summed E-state index contributed by atoms with van der Waals surface area (Å²) in [6, 6.07) is 9.04. The Morgan fingerprint density at radius 3 is 2.78 bits per heavy atom. The molecular weight excluding hydrogens is 298 g/mol. The standard InChI is InChI=1S/C16H17N3O4/c1-21-6-7-23-13-5-3-4-12(8-13)19-10-11(9-17)14(18)15(19)16(20)22-2/h3-5,8,10H,6-7,18H2,1-2H3. The molecule has 1 heterocycles. The summed E-state index contributed by atoms with van der Waals surface area (Å²) >= 11 is 0. The number of aromatic nitrogens is 1. The van der Waals surface area contributed by atoms with Gasteiger partial charge in [0.15, 0.2) is 5.69 Å². The number of nitrogens with zero attached hydrogens (tertiary/aromatic N) is 2. The molecule has 1 aromatic carbocycles. The van der Waals surface area contributed by atoms with Crippen molar-refractivity contribution >= 4 is 11.7 Å². The molecule has 0 fully saturated rings. The van der Waals surface area contributed by atoms with Crippen LogP contribution in [0.5, 0.6) is 5.75 Å². The monoisotopic (exact) mass is 315 g/mol. The van der Waals surface area contributed by atoms with E-state index in [0.29, 0.717) is 24.7 Å². The van der Waals surface area contributed by atoms with E-state index in [0.717, 1.165) is 0 Å². The van der Waals surface area contributed by atoms with Gasteiger partial charge in [-0.15, -0.1) is 0 Å². The molecule has 23 heavy (non-hydrogen) atoms. The molecule has 0 atom stereocenters. The van der Waals surface area contributed by atoms with Gasteiger partial charge in [0.2, 0.25) is 0 Å². The number of anilines is 1. The molecule has 7 nitrogen and oxygen atoms in total. The number of ether oxygens (including phenoxy) is 3. The van der Waals surface area contributed by atoms with Gasteiger partial charge in [-0.05, 0) is 12.1 Å². The van der Waals surface area contributed by atoms with Crippen molar-refractivity contribution in [1.29, 1.82) is 5.26 Å². The fourth-order valence-corrected chi connectivity index (χ4v) is 2.08. The van der Waals surface area contributed by atoms with E-state index in [1.54, 1.807) is 31.4 Å². The number of nitrogen functional groups attached to an aromatic ring is 1. The highest BCUT2D eigenvalue weighted by molar-refractivity contribution is 5.95. The average Bonchev–Trinajstić information content (AvgIpc) is 2.91. The highest BCUT2D eigenvalue weighted by atomic mass is 16.5. The van der Waals surface area contributed by atoms with E-state index in [1.165, 1.54) is 17.9 Å². The van der Waals surface area contributed by atoms with Gasteiger partial charge in [-0.2, -0.15) is 5.26 Å². The highest BCUT2D eigenvalue weighted by Gasteiger charge is 2.21. The van der Waals surface area contributed by atoms with Crippen LogP contribution in [0.15, 0.2) is 30.5 Å². The number of benzene rings is 1. The van der Waals surface area contributed by atoms with Crippen LogP contribution in [0.1, 0.15) is 16.1 Å². The van der Waals surface area contributed by atoms with Crippen molar-refractivity contribution in [1.82, 2.24) is 4.57 Å². The quantitative estimate of drug-likeness (QED) is 0.644. The van der Waals surface area contributed by atoms with Crippen molar-refractivity contribution in [3.63, 3.8) is 0 Å². The van der Waals surface area contributed by atoms with Gasteiger partial charge >= 0.3 is 5.97 Å². The summed E-state index contributed by atoms with van der Waals surface area (Å²) in [6.45, 7) is 0.869. The maximum absolute atomic E-state index is 12.0. The normalized spacial score (nSPS) is 10.1. The SMILES string of the molecule is COCCOc1cccc(-n2cc(C#N)c(N)c2C(=O)OC)c1. The summed E-state index contributed by atoms with van der Waals surface area (Å²) in [7, 11) is 2.85. The van der Waals surface area contributed by atoms with Crippen LogP contribution in [0.3, 0.4) is 0 Å². The first-order valence-electron chi connectivity index (χ1n) is 6.83. The van der Waals surface area contributed by atoms with Crippen LogP contribution in [0.2, 0.25) is 0 Å². The Bertz CT molecular complexity index is 746. The predicted molar refractivity (Wildman–Crippen MR) is 83.6 cm³/mol. The van der Waals surface area contributed by atoms with E-state index < -0.39 is 5.97 Å². The van der Waals surface area contributed by atoms with Crippen LogP contribution in [-0.2, 0) is 9.47 Å². The zero-order chi connectivity index (χ0) is 16.8. The van der Waals surface area contributed by atoms with Crippen LogP contribution in [0, 0.1) is 11.3 Å². The van der Waals surface area contributed by atoms with E-state index in [-0.39, 0.29) is 16.9 Å². The predicted octanol–water partition coefficient (Wildman–Crippen LogP) is 1.74. The summed E-state index contributed by atoms with van der Waals surface area (Å²) in [5.41, 5.74) is 6.91. The Morgan fingerprint density at radius 2 is 2.13 bits per heavy atom. The smallest absolute Gasteiger partial charge is 0.357 e. The maximum Gasteiger partial charge on any atom is 0.357 e. The van der Waals surface area contributed by atoms with Crippen LogP contribution >= 0.6 is 0 Å². The molecule has 7 heteroatoms. The summed E-state index contributed by atoms with van der Waals surface area (Å²) in [6.07, 6.45) is 1.50. The molecule has 0 aliphatic rings. The Hall–Kier alpha value is -2.98. The third-order valence-electron chi connectivity index (χ3n) is 3.20. The Labute approximate surface area is 133 Å². The van der Waals surface area contributed by atoms with Gasteiger partial charge in [-0.1, -0.05) is 6.07 Å². The van der Waals surface area contributed by atoms with Gasteiger partial charge in [0.25, 0.3) is 0 Å². The zero-order valence-electron chi connectivity index (χ0n) is 12.9. The fraction of sp³-hybridized carbons (Fsp3) is 0.250.